The second kappa shape index (κ2) is 16.1. The molecule has 0 unspecified atom stereocenters. The van der Waals surface area contributed by atoms with Gasteiger partial charge >= 0.3 is 0 Å². The molecule has 0 spiro atoms. The molecule has 1 aliphatic carbocycles. The van der Waals surface area contributed by atoms with E-state index in [9.17, 15) is 0 Å². The summed E-state index contributed by atoms with van der Waals surface area (Å²) in [6, 6.07) is 104. The first-order valence-electron chi connectivity index (χ1n) is 26.1. The minimum Gasteiger partial charge on any atom is -0.309 e. The average Bonchev–Trinajstić information content (AvgIpc) is 4.09. The van der Waals surface area contributed by atoms with E-state index >= 15 is 0 Å². The van der Waals surface area contributed by atoms with Gasteiger partial charge in [0.1, 0.15) is 0 Å². The molecule has 0 radical (unpaired) electrons. The summed E-state index contributed by atoms with van der Waals surface area (Å²) in [6.07, 6.45) is 0. The van der Waals surface area contributed by atoms with Crippen molar-refractivity contribution < 1.29 is 0 Å². The molecule has 0 atom stereocenters. The predicted octanol–water partition coefficient (Wildman–Crippen LogP) is 18.9. The van der Waals surface area contributed by atoms with Crippen LogP contribution >= 0.6 is 0 Å². The number of hydrogen-bond donors (Lipinski definition) is 0. The fourth-order valence-corrected chi connectivity index (χ4v) is 13.3. The maximum absolute atomic E-state index is 2.52. The first-order chi connectivity index (χ1) is 37.2. The molecular weight excluding hydrogens is 905 g/mol. The molecule has 2 aromatic heterocycles. The van der Waals surface area contributed by atoms with Crippen LogP contribution in [0.5, 0.6) is 0 Å². The molecule has 0 bridgehead atoms. The Morgan fingerprint density at radius 2 is 0.747 bits per heavy atom. The number of fused-ring (bicyclic) bond motifs is 14. The van der Waals surface area contributed by atoms with E-state index in [1.165, 1.54) is 138 Å². The van der Waals surface area contributed by atoms with Crippen molar-refractivity contribution in [3.8, 4) is 78.1 Å². The number of hydrogen-bond acceptors (Lipinski definition) is 0. The fraction of sp³-hybridized carbons (Fsp3) is 0.0137. The lowest BCUT2D eigenvalue weighted by atomic mass is 9.67. The van der Waals surface area contributed by atoms with E-state index in [0.717, 1.165) is 5.69 Å². The SMILES string of the molecule is c1ccc(-n2c3ccccc3c3cc(-c4cc5c6c(c4)c4ccccc4n6-c4ccccc4-c4cc(-c6ccc(-c7cccc(C8(c9ccccc9)c9ccccc9-c9ccccc98)c7)cc6)ccc4-5)ccc32)cc1. The molecule has 14 aromatic rings. The van der Waals surface area contributed by atoms with Gasteiger partial charge in [-0.3, -0.25) is 0 Å². The van der Waals surface area contributed by atoms with Gasteiger partial charge in [-0.05, 0) is 145 Å². The highest BCUT2D eigenvalue weighted by molar-refractivity contribution is 6.18. The van der Waals surface area contributed by atoms with E-state index in [1.807, 2.05) is 0 Å². The average molecular weight is 951 g/mol. The molecule has 2 nitrogen and oxygen atoms in total. The summed E-state index contributed by atoms with van der Waals surface area (Å²) < 4.78 is 4.91. The van der Waals surface area contributed by atoms with Crippen molar-refractivity contribution in [1.29, 1.82) is 0 Å². The van der Waals surface area contributed by atoms with Crippen LogP contribution in [0.2, 0.25) is 0 Å². The zero-order chi connectivity index (χ0) is 49.2. The second-order valence-electron chi connectivity index (χ2n) is 20.3. The van der Waals surface area contributed by atoms with Crippen LogP contribution in [0.15, 0.2) is 279 Å². The topological polar surface area (TPSA) is 9.86 Å². The number of nitrogens with zero attached hydrogens (tertiary/aromatic N) is 2. The van der Waals surface area contributed by atoms with Gasteiger partial charge in [-0.15, -0.1) is 0 Å². The van der Waals surface area contributed by atoms with Crippen LogP contribution in [-0.2, 0) is 5.41 Å². The molecule has 0 N–H and O–H groups in total. The molecular formula is C73H46N2. The first-order valence-corrected chi connectivity index (χ1v) is 26.1. The Labute approximate surface area is 435 Å². The monoisotopic (exact) mass is 950 g/mol. The van der Waals surface area contributed by atoms with E-state index in [4.69, 9.17) is 0 Å². The van der Waals surface area contributed by atoms with Crippen LogP contribution in [0, 0.1) is 0 Å². The normalized spacial score (nSPS) is 12.9. The molecule has 16 rings (SSSR count). The number of benzene rings is 12. The van der Waals surface area contributed by atoms with E-state index in [2.05, 4.69) is 288 Å². The van der Waals surface area contributed by atoms with Gasteiger partial charge in [0.15, 0.2) is 0 Å². The smallest absolute Gasteiger partial charge is 0.0713 e. The van der Waals surface area contributed by atoms with E-state index in [0.29, 0.717) is 0 Å². The Morgan fingerprint density at radius 1 is 0.240 bits per heavy atom. The second-order valence-corrected chi connectivity index (χ2v) is 20.3. The third kappa shape index (κ3) is 6.02. The van der Waals surface area contributed by atoms with Crippen molar-refractivity contribution in [3.63, 3.8) is 0 Å². The van der Waals surface area contributed by atoms with E-state index < -0.39 is 5.41 Å². The summed E-state index contributed by atoms with van der Waals surface area (Å²) in [7, 11) is 0. The molecule has 3 heterocycles. The highest BCUT2D eigenvalue weighted by atomic mass is 15.0. The van der Waals surface area contributed by atoms with Gasteiger partial charge < -0.3 is 9.13 Å². The van der Waals surface area contributed by atoms with Crippen LogP contribution in [0.3, 0.4) is 0 Å². The Morgan fingerprint density at radius 3 is 1.48 bits per heavy atom. The van der Waals surface area contributed by atoms with Crippen molar-refractivity contribution in [1.82, 2.24) is 9.13 Å². The van der Waals surface area contributed by atoms with Crippen molar-refractivity contribution >= 4 is 43.6 Å². The molecule has 2 heteroatoms. The Bertz CT molecular complexity index is 4580. The molecule has 0 saturated carbocycles. The Kier molecular flexibility index (Phi) is 8.99. The maximum Gasteiger partial charge on any atom is 0.0713 e. The first kappa shape index (κ1) is 41.8. The summed E-state index contributed by atoms with van der Waals surface area (Å²) >= 11 is 0. The van der Waals surface area contributed by atoms with Crippen LogP contribution in [-0.4, -0.2) is 9.13 Å². The number of para-hydroxylation sites is 4. The van der Waals surface area contributed by atoms with Crippen LogP contribution < -0.4 is 0 Å². The summed E-state index contributed by atoms with van der Waals surface area (Å²) in [5, 5.41) is 5.01. The minimum atomic E-state index is -0.446. The quantitative estimate of drug-likeness (QED) is 0.157. The van der Waals surface area contributed by atoms with Gasteiger partial charge in [-0.2, -0.15) is 0 Å². The maximum atomic E-state index is 2.52. The van der Waals surface area contributed by atoms with Crippen LogP contribution in [0.4, 0.5) is 0 Å². The Hall–Kier alpha value is -9.76. The van der Waals surface area contributed by atoms with Gasteiger partial charge in [0.2, 0.25) is 0 Å². The third-order valence-corrected chi connectivity index (χ3v) is 16.5. The molecule has 2 aliphatic rings. The summed E-state index contributed by atoms with van der Waals surface area (Å²) in [4.78, 5) is 0. The molecule has 0 fully saturated rings. The molecule has 348 valence electrons. The molecule has 0 saturated heterocycles. The van der Waals surface area contributed by atoms with Crippen molar-refractivity contribution in [2.24, 2.45) is 0 Å². The molecule has 12 aromatic carbocycles. The lowest BCUT2D eigenvalue weighted by molar-refractivity contribution is 0.769. The third-order valence-electron chi connectivity index (χ3n) is 16.5. The molecule has 75 heavy (non-hydrogen) atoms. The lowest BCUT2D eigenvalue weighted by Gasteiger charge is -2.34. The summed E-state index contributed by atoms with van der Waals surface area (Å²) in [5.41, 5.74) is 26.7. The summed E-state index contributed by atoms with van der Waals surface area (Å²) in [5.74, 6) is 0. The van der Waals surface area contributed by atoms with E-state index in [-0.39, 0.29) is 0 Å². The zero-order valence-electron chi connectivity index (χ0n) is 41.0. The molecule has 0 amide bonds. The predicted molar refractivity (Wildman–Crippen MR) is 313 cm³/mol. The van der Waals surface area contributed by atoms with Gasteiger partial charge in [0.05, 0.1) is 33.2 Å². The number of aromatic nitrogens is 2. The highest BCUT2D eigenvalue weighted by Gasteiger charge is 2.46. The van der Waals surface area contributed by atoms with Crippen molar-refractivity contribution in [3.05, 3.63) is 301 Å². The fourth-order valence-electron chi connectivity index (χ4n) is 13.3. The van der Waals surface area contributed by atoms with Crippen molar-refractivity contribution in [2.45, 2.75) is 5.41 Å². The van der Waals surface area contributed by atoms with Gasteiger partial charge in [0, 0.05) is 38.4 Å². The van der Waals surface area contributed by atoms with Crippen LogP contribution in [0.1, 0.15) is 22.3 Å². The van der Waals surface area contributed by atoms with Crippen LogP contribution in [0.25, 0.3) is 122 Å². The van der Waals surface area contributed by atoms with Gasteiger partial charge in [-0.1, -0.05) is 212 Å². The van der Waals surface area contributed by atoms with Gasteiger partial charge in [0.25, 0.3) is 0 Å². The van der Waals surface area contributed by atoms with Gasteiger partial charge in [-0.25, -0.2) is 0 Å². The van der Waals surface area contributed by atoms with E-state index in [1.54, 1.807) is 0 Å². The highest BCUT2D eigenvalue weighted by Crippen LogP contribution is 2.56. The molecule has 1 aliphatic heterocycles. The minimum absolute atomic E-state index is 0.446. The lowest BCUT2D eigenvalue weighted by Crippen LogP contribution is -2.28. The van der Waals surface area contributed by atoms with Crippen molar-refractivity contribution in [2.75, 3.05) is 0 Å². The Balaban J connectivity index is 0.830. The summed E-state index contributed by atoms with van der Waals surface area (Å²) in [6.45, 7) is 0. The number of rotatable bonds is 6. The zero-order valence-corrected chi connectivity index (χ0v) is 41.0. The largest absolute Gasteiger partial charge is 0.309 e. The standard InChI is InChI=1S/C73H46N2/c1-3-19-53(20-4-1)73(66-29-12-7-24-57(66)58-25-8-13-30-67(58)73)54-21-17-18-49(42-54)47-34-36-48(37-35-47)50-38-40-56-62(43-50)59-26-9-15-32-69(59)75-70-33-16-11-28-61(70)65-46-52(45-64(56)72(65)75)51-39-41-71-63(44-51)60-27-10-14-31-68(60)74(71)55-22-5-2-6-23-55/h1-46H.